The van der Waals surface area contributed by atoms with E-state index in [1.54, 1.807) is 0 Å². The normalized spacial score (nSPS) is 22.3. The van der Waals surface area contributed by atoms with E-state index in [4.69, 9.17) is 0 Å². The van der Waals surface area contributed by atoms with Crippen LogP contribution in [0.2, 0.25) is 0 Å². The number of carbonyl (C=O) groups excluding carboxylic acids is 1. The number of rotatable bonds is 7. The molecule has 1 aromatic carbocycles. The number of hydrogen-bond acceptors (Lipinski definition) is 4. The molecule has 1 amide bonds. The lowest BCUT2D eigenvalue weighted by Gasteiger charge is -2.11. The zero-order chi connectivity index (χ0) is 21.9. The number of nitrogens with one attached hydrogen (secondary N) is 1. The van der Waals surface area contributed by atoms with Gasteiger partial charge in [0.1, 0.15) is 19.0 Å². The van der Waals surface area contributed by atoms with Crippen LogP contribution in [0.3, 0.4) is 0 Å². The van der Waals surface area contributed by atoms with Crippen LogP contribution in [0, 0.1) is 5.92 Å². The van der Waals surface area contributed by atoms with E-state index in [0.717, 1.165) is 6.26 Å². The van der Waals surface area contributed by atoms with Gasteiger partial charge in [0.15, 0.2) is 15.7 Å². The van der Waals surface area contributed by atoms with Crippen LogP contribution in [-0.4, -0.2) is 49.4 Å². The molecule has 2 atom stereocenters. The van der Waals surface area contributed by atoms with Gasteiger partial charge in [0.05, 0.1) is 11.4 Å². The van der Waals surface area contributed by atoms with Gasteiger partial charge in [-0.25, -0.2) is 21.6 Å². The molecule has 162 valence electrons. The largest absolute Gasteiger partial charge is 0.305 e. The van der Waals surface area contributed by atoms with Crippen LogP contribution in [0.25, 0.3) is 5.57 Å². The van der Waals surface area contributed by atoms with Crippen molar-refractivity contribution in [3.63, 3.8) is 0 Å². The van der Waals surface area contributed by atoms with Crippen molar-refractivity contribution in [1.29, 1.82) is 0 Å². The molecule has 0 aliphatic heterocycles. The predicted octanol–water partition coefficient (Wildman–Crippen LogP) is 3.36. The summed E-state index contributed by atoms with van der Waals surface area (Å²) in [6.07, 6.45) is 0.849. The van der Waals surface area contributed by atoms with E-state index >= 15 is 0 Å². The van der Waals surface area contributed by atoms with Crippen molar-refractivity contribution in [1.82, 2.24) is 9.78 Å². The summed E-state index contributed by atoms with van der Waals surface area (Å²) in [6, 6.07) is 7.18. The van der Waals surface area contributed by atoms with E-state index in [2.05, 4.69) is 10.4 Å². The molecule has 0 radical (unpaired) electrons. The van der Waals surface area contributed by atoms with Crippen LogP contribution >= 0.6 is 0 Å². The lowest BCUT2D eigenvalue weighted by atomic mass is 9.98. The average Bonchev–Trinajstić information content (AvgIpc) is 3.25. The second-order valence-corrected chi connectivity index (χ2v) is 9.26. The molecule has 1 aliphatic carbocycles. The Labute approximate surface area is 172 Å². The molecule has 10 heteroatoms. The van der Waals surface area contributed by atoms with Crippen LogP contribution in [0.5, 0.6) is 0 Å². The van der Waals surface area contributed by atoms with Gasteiger partial charge in [-0.1, -0.05) is 18.2 Å². The fourth-order valence-electron chi connectivity index (χ4n) is 3.35. The molecule has 1 fully saturated rings. The second-order valence-electron chi connectivity index (χ2n) is 7.25. The third-order valence-electron chi connectivity index (χ3n) is 4.88. The number of aromatic nitrogens is 2. The van der Waals surface area contributed by atoms with Gasteiger partial charge in [-0.15, -0.1) is 0 Å². The summed E-state index contributed by atoms with van der Waals surface area (Å²) in [5.74, 6) is -0.843. The van der Waals surface area contributed by atoms with Crippen molar-refractivity contribution in [2.75, 3.05) is 18.2 Å². The number of sulfone groups is 1. The molecule has 0 spiro atoms. The monoisotopic (exact) mass is 441 g/mol. The average molecular weight is 441 g/mol. The minimum absolute atomic E-state index is 0.0372. The van der Waals surface area contributed by atoms with E-state index in [-0.39, 0.29) is 35.7 Å². The number of allylic oxidation sites excluding steroid dienone is 1. The highest BCUT2D eigenvalue weighted by atomic mass is 32.2. The summed E-state index contributed by atoms with van der Waals surface area (Å²) < 4.78 is 64.4. The number of amides is 1. The highest BCUT2D eigenvalue weighted by Gasteiger charge is 2.34. The van der Waals surface area contributed by atoms with Crippen LogP contribution < -0.4 is 5.32 Å². The Morgan fingerprint density at radius 3 is 2.40 bits per heavy atom. The van der Waals surface area contributed by atoms with Gasteiger partial charge in [-0.05, 0) is 36.5 Å². The predicted molar refractivity (Wildman–Crippen MR) is 107 cm³/mol. The Morgan fingerprint density at radius 2 is 1.83 bits per heavy atom. The Hall–Kier alpha value is -2.62. The molecule has 1 heterocycles. The van der Waals surface area contributed by atoms with Crippen molar-refractivity contribution in [3.8, 4) is 0 Å². The zero-order valence-electron chi connectivity index (χ0n) is 16.3. The van der Waals surface area contributed by atoms with Crippen LogP contribution in [-0.2, 0) is 21.2 Å². The standard InChI is InChI=1S/C20H22F3N3O3S/c1-30(28,29)15-4-2-14(3-5-15)16(10-13-11-17(22)18(23)12-13)20(27)24-19-6-8-26(25-19)9-7-21/h2-6,8,10,13,17-18H,7,9,11-12H2,1H3,(H,24,25,27)/b16-10+. The van der Waals surface area contributed by atoms with Gasteiger partial charge in [-0.2, -0.15) is 5.10 Å². The Morgan fingerprint density at radius 1 is 1.20 bits per heavy atom. The highest BCUT2D eigenvalue weighted by Crippen LogP contribution is 2.34. The van der Waals surface area contributed by atoms with Crippen LogP contribution in [0.1, 0.15) is 18.4 Å². The van der Waals surface area contributed by atoms with Gasteiger partial charge in [-0.3, -0.25) is 9.48 Å². The van der Waals surface area contributed by atoms with Crippen molar-refractivity contribution in [2.24, 2.45) is 5.92 Å². The van der Waals surface area contributed by atoms with E-state index in [1.807, 2.05) is 0 Å². The summed E-state index contributed by atoms with van der Waals surface area (Å²) in [7, 11) is -3.42. The second kappa shape index (κ2) is 9.03. The molecule has 1 saturated carbocycles. The van der Waals surface area contributed by atoms with Crippen molar-refractivity contribution in [3.05, 3.63) is 48.2 Å². The first-order valence-corrected chi connectivity index (χ1v) is 11.3. The summed E-state index contributed by atoms with van der Waals surface area (Å²) >= 11 is 0. The summed E-state index contributed by atoms with van der Waals surface area (Å²) in [5.41, 5.74) is 0.558. The van der Waals surface area contributed by atoms with E-state index in [0.29, 0.717) is 5.56 Å². The SMILES string of the molecule is CS(=O)(=O)c1ccc(/C(=C\C2CC(F)C(F)C2)C(=O)Nc2ccn(CCF)n2)cc1. The quantitative estimate of drug-likeness (QED) is 0.668. The molecule has 2 unspecified atom stereocenters. The molecule has 6 nitrogen and oxygen atoms in total. The molecule has 0 bridgehead atoms. The smallest absolute Gasteiger partial charge is 0.257 e. The number of anilines is 1. The lowest BCUT2D eigenvalue weighted by molar-refractivity contribution is -0.111. The van der Waals surface area contributed by atoms with E-state index in [9.17, 15) is 26.4 Å². The Bertz CT molecular complexity index is 1030. The van der Waals surface area contributed by atoms with Crippen molar-refractivity contribution >= 4 is 27.1 Å². The third kappa shape index (κ3) is 5.29. The molecule has 0 saturated heterocycles. The first kappa shape index (κ1) is 22.1. The lowest BCUT2D eigenvalue weighted by Crippen LogP contribution is -2.15. The third-order valence-corrected chi connectivity index (χ3v) is 6.01. The van der Waals surface area contributed by atoms with Crippen LogP contribution in [0.4, 0.5) is 19.0 Å². The summed E-state index contributed by atoms with van der Waals surface area (Å²) in [4.78, 5) is 13.0. The topological polar surface area (TPSA) is 81.1 Å². The van der Waals surface area contributed by atoms with Crippen molar-refractivity contribution in [2.45, 2.75) is 36.6 Å². The van der Waals surface area contributed by atoms with E-state index in [1.165, 1.54) is 47.3 Å². The summed E-state index contributed by atoms with van der Waals surface area (Å²) in [6.45, 7) is -0.563. The Balaban J connectivity index is 1.89. The van der Waals surface area contributed by atoms with Crippen LogP contribution in [0.15, 0.2) is 47.5 Å². The molecule has 1 N–H and O–H groups in total. The van der Waals surface area contributed by atoms with Gasteiger partial charge in [0.2, 0.25) is 0 Å². The number of aryl methyl sites for hydroxylation is 1. The maximum absolute atomic E-state index is 13.6. The first-order chi connectivity index (χ1) is 14.2. The number of benzene rings is 1. The van der Waals surface area contributed by atoms with E-state index < -0.39 is 40.7 Å². The van der Waals surface area contributed by atoms with Gasteiger partial charge in [0.25, 0.3) is 5.91 Å². The fraction of sp³-hybridized carbons (Fsp3) is 0.400. The van der Waals surface area contributed by atoms with Gasteiger partial charge in [0, 0.05) is 24.1 Å². The molecular formula is C20H22F3N3O3S. The minimum Gasteiger partial charge on any atom is -0.305 e. The number of halogens is 3. The summed E-state index contributed by atoms with van der Waals surface area (Å²) in [5, 5.41) is 6.63. The molecule has 30 heavy (non-hydrogen) atoms. The first-order valence-electron chi connectivity index (χ1n) is 9.38. The number of alkyl halides is 3. The molecule has 2 aromatic rings. The zero-order valence-corrected chi connectivity index (χ0v) is 17.1. The maximum Gasteiger partial charge on any atom is 0.257 e. The molecule has 1 aliphatic rings. The highest BCUT2D eigenvalue weighted by molar-refractivity contribution is 7.90. The van der Waals surface area contributed by atoms with Gasteiger partial charge >= 0.3 is 0 Å². The number of nitrogens with zero attached hydrogens (tertiary/aromatic N) is 2. The van der Waals surface area contributed by atoms with Gasteiger partial charge < -0.3 is 5.32 Å². The minimum atomic E-state index is -3.42. The molecule has 1 aromatic heterocycles. The maximum atomic E-state index is 13.6. The fourth-order valence-corrected chi connectivity index (χ4v) is 3.98. The van der Waals surface area contributed by atoms with Crippen molar-refractivity contribution < 1.29 is 26.4 Å². The molecular weight excluding hydrogens is 419 g/mol. The molecule has 3 rings (SSSR count). The number of carbonyl (C=O) groups is 1. The Kier molecular flexibility index (Phi) is 6.64. The number of hydrogen-bond donors (Lipinski definition) is 1.